The van der Waals surface area contributed by atoms with E-state index >= 15 is 0 Å². The van der Waals surface area contributed by atoms with Crippen molar-refractivity contribution in [3.8, 4) is 5.75 Å². The number of nitrogens with zero attached hydrogens (tertiary/aromatic N) is 2. The Labute approximate surface area is 142 Å². The van der Waals surface area contributed by atoms with Gasteiger partial charge in [0.15, 0.2) is 0 Å². The van der Waals surface area contributed by atoms with Crippen molar-refractivity contribution in [3.05, 3.63) is 29.8 Å². The van der Waals surface area contributed by atoms with E-state index in [0.717, 1.165) is 37.5 Å². The summed E-state index contributed by atoms with van der Waals surface area (Å²) in [6.07, 6.45) is 0.670. The average Bonchev–Trinajstić information content (AvgIpc) is 3.41. The van der Waals surface area contributed by atoms with Crippen LogP contribution in [-0.2, 0) is 16.1 Å². The molecule has 1 saturated carbocycles. The molecule has 1 heterocycles. The van der Waals surface area contributed by atoms with Gasteiger partial charge in [-0.2, -0.15) is 0 Å². The quantitative estimate of drug-likeness (QED) is 0.864. The van der Waals surface area contributed by atoms with E-state index < -0.39 is 0 Å². The number of carbonyl (C=O) groups is 2. The number of rotatable bonds is 5. The smallest absolute Gasteiger partial charge is 0.226 e. The molecule has 1 aliphatic carbocycles. The molecule has 2 atom stereocenters. The zero-order valence-electron chi connectivity index (χ0n) is 14.3. The Balaban J connectivity index is 1.48. The molecule has 0 bridgehead atoms. The molecule has 0 spiro atoms. The van der Waals surface area contributed by atoms with Crippen LogP contribution in [0.2, 0.25) is 0 Å². The van der Waals surface area contributed by atoms with Gasteiger partial charge in [0.25, 0.3) is 0 Å². The second kappa shape index (κ2) is 7.21. The molecular formula is C18H25N3O3. The third-order valence-corrected chi connectivity index (χ3v) is 4.90. The zero-order valence-corrected chi connectivity index (χ0v) is 14.3. The summed E-state index contributed by atoms with van der Waals surface area (Å²) in [5, 5.41) is 2.93. The van der Waals surface area contributed by atoms with Crippen LogP contribution in [-0.4, -0.2) is 62.0 Å². The van der Waals surface area contributed by atoms with Crippen LogP contribution in [0.3, 0.4) is 0 Å². The summed E-state index contributed by atoms with van der Waals surface area (Å²) in [7, 11) is 3.68. The fourth-order valence-electron chi connectivity index (χ4n) is 3.18. The van der Waals surface area contributed by atoms with Crippen LogP contribution in [0.4, 0.5) is 0 Å². The minimum Gasteiger partial charge on any atom is -0.496 e. The third kappa shape index (κ3) is 3.70. The number of ether oxygens (including phenoxy) is 1. The van der Waals surface area contributed by atoms with Crippen LogP contribution in [0, 0.1) is 11.8 Å². The number of likely N-dealkylation sites (N-methyl/N-ethyl adjacent to an activating group) is 1. The Hall–Kier alpha value is -2.08. The number of hydrogen-bond acceptors (Lipinski definition) is 4. The molecule has 6 heteroatoms. The van der Waals surface area contributed by atoms with Gasteiger partial charge in [-0.25, -0.2) is 0 Å². The summed E-state index contributed by atoms with van der Waals surface area (Å²) >= 11 is 0. The summed E-state index contributed by atoms with van der Waals surface area (Å²) in [5.74, 6) is 0.561. The summed E-state index contributed by atoms with van der Waals surface area (Å²) in [6, 6.07) is 7.62. The monoisotopic (exact) mass is 331 g/mol. The molecular weight excluding hydrogens is 306 g/mol. The van der Waals surface area contributed by atoms with E-state index in [4.69, 9.17) is 4.74 Å². The predicted octanol–water partition coefficient (Wildman–Crippen LogP) is 0.722. The molecule has 2 unspecified atom stereocenters. The lowest BCUT2D eigenvalue weighted by Crippen LogP contribution is -2.48. The number of para-hydroxylation sites is 1. The van der Waals surface area contributed by atoms with Gasteiger partial charge in [-0.15, -0.1) is 0 Å². The maximum atomic E-state index is 12.5. The Morgan fingerprint density at radius 1 is 1.17 bits per heavy atom. The molecule has 1 aliphatic heterocycles. The van der Waals surface area contributed by atoms with Crippen molar-refractivity contribution in [2.24, 2.45) is 11.8 Å². The first-order chi connectivity index (χ1) is 11.6. The van der Waals surface area contributed by atoms with E-state index in [9.17, 15) is 9.59 Å². The van der Waals surface area contributed by atoms with Crippen molar-refractivity contribution in [2.45, 2.75) is 13.0 Å². The van der Waals surface area contributed by atoms with Gasteiger partial charge in [0.05, 0.1) is 18.9 Å². The number of carbonyl (C=O) groups excluding carboxylic acids is 2. The molecule has 2 amide bonds. The maximum absolute atomic E-state index is 12.5. The highest BCUT2D eigenvalue weighted by molar-refractivity contribution is 5.92. The second-order valence-corrected chi connectivity index (χ2v) is 6.61. The lowest BCUT2D eigenvalue weighted by atomic mass is 10.2. The number of piperazine rings is 1. The highest BCUT2D eigenvalue weighted by Gasteiger charge is 2.49. The van der Waals surface area contributed by atoms with Crippen molar-refractivity contribution < 1.29 is 14.3 Å². The molecule has 6 nitrogen and oxygen atoms in total. The zero-order chi connectivity index (χ0) is 17.1. The SMILES string of the molecule is COc1ccccc1CNC(=O)C1CC1C(=O)N1CCN(C)CC1. The van der Waals surface area contributed by atoms with Crippen LogP contribution in [0.25, 0.3) is 0 Å². The van der Waals surface area contributed by atoms with Crippen LogP contribution >= 0.6 is 0 Å². The van der Waals surface area contributed by atoms with Crippen molar-refractivity contribution >= 4 is 11.8 Å². The molecule has 24 heavy (non-hydrogen) atoms. The molecule has 1 N–H and O–H groups in total. The van der Waals surface area contributed by atoms with E-state index in [0.29, 0.717) is 13.0 Å². The van der Waals surface area contributed by atoms with E-state index in [2.05, 4.69) is 17.3 Å². The standard InChI is InChI=1S/C18H25N3O3/c1-20-7-9-21(10-8-20)18(23)15-11-14(15)17(22)19-12-13-5-3-4-6-16(13)24-2/h3-6,14-15H,7-12H2,1-2H3,(H,19,22). The molecule has 1 saturated heterocycles. The number of nitrogens with one attached hydrogen (secondary N) is 1. The van der Waals surface area contributed by atoms with E-state index in [1.807, 2.05) is 29.2 Å². The summed E-state index contributed by atoms with van der Waals surface area (Å²) in [5.41, 5.74) is 0.941. The third-order valence-electron chi connectivity index (χ3n) is 4.90. The van der Waals surface area contributed by atoms with Gasteiger partial charge >= 0.3 is 0 Å². The number of methoxy groups -OCH3 is 1. The van der Waals surface area contributed by atoms with E-state index in [1.165, 1.54) is 0 Å². The fraction of sp³-hybridized carbons (Fsp3) is 0.556. The largest absolute Gasteiger partial charge is 0.496 e. The molecule has 1 aromatic carbocycles. The van der Waals surface area contributed by atoms with Crippen molar-refractivity contribution in [1.82, 2.24) is 15.1 Å². The van der Waals surface area contributed by atoms with Gasteiger partial charge in [-0.1, -0.05) is 18.2 Å². The maximum Gasteiger partial charge on any atom is 0.226 e. The normalized spacial score (nSPS) is 23.7. The Bertz CT molecular complexity index is 611. The minimum atomic E-state index is -0.174. The van der Waals surface area contributed by atoms with Crippen LogP contribution < -0.4 is 10.1 Å². The number of hydrogen-bond donors (Lipinski definition) is 1. The highest BCUT2D eigenvalue weighted by Crippen LogP contribution is 2.40. The minimum absolute atomic E-state index is 0.0339. The van der Waals surface area contributed by atoms with E-state index in [-0.39, 0.29) is 23.7 Å². The molecule has 0 aromatic heterocycles. The lowest BCUT2D eigenvalue weighted by Gasteiger charge is -2.32. The highest BCUT2D eigenvalue weighted by atomic mass is 16.5. The Kier molecular flexibility index (Phi) is 5.04. The Morgan fingerprint density at radius 2 is 1.88 bits per heavy atom. The molecule has 0 radical (unpaired) electrons. The number of amides is 2. The molecule has 2 aliphatic rings. The first kappa shape index (κ1) is 16.8. The van der Waals surface area contributed by atoms with Crippen LogP contribution in [0.1, 0.15) is 12.0 Å². The van der Waals surface area contributed by atoms with Gasteiger partial charge in [0.1, 0.15) is 5.75 Å². The van der Waals surface area contributed by atoms with Crippen molar-refractivity contribution in [2.75, 3.05) is 40.3 Å². The molecule has 130 valence electrons. The summed E-state index contributed by atoms with van der Waals surface area (Å²) in [4.78, 5) is 28.9. The van der Waals surface area contributed by atoms with Gasteiger partial charge in [0.2, 0.25) is 11.8 Å². The predicted molar refractivity (Wildman–Crippen MR) is 90.5 cm³/mol. The van der Waals surface area contributed by atoms with Crippen molar-refractivity contribution in [3.63, 3.8) is 0 Å². The molecule has 2 fully saturated rings. The molecule has 1 aromatic rings. The topological polar surface area (TPSA) is 61.9 Å². The number of benzene rings is 1. The van der Waals surface area contributed by atoms with Gasteiger partial charge in [0, 0.05) is 38.3 Å². The van der Waals surface area contributed by atoms with Crippen LogP contribution in [0.15, 0.2) is 24.3 Å². The van der Waals surface area contributed by atoms with Gasteiger partial charge in [-0.3, -0.25) is 9.59 Å². The first-order valence-corrected chi connectivity index (χ1v) is 8.47. The first-order valence-electron chi connectivity index (χ1n) is 8.47. The van der Waals surface area contributed by atoms with Gasteiger partial charge < -0.3 is 19.9 Å². The average molecular weight is 331 g/mol. The van der Waals surface area contributed by atoms with Crippen molar-refractivity contribution in [1.29, 1.82) is 0 Å². The van der Waals surface area contributed by atoms with Gasteiger partial charge in [-0.05, 0) is 19.5 Å². The van der Waals surface area contributed by atoms with E-state index in [1.54, 1.807) is 7.11 Å². The second-order valence-electron chi connectivity index (χ2n) is 6.61. The van der Waals surface area contributed by atoms with Crippen LogP contribution in [0.5, 0.6) is 5.75 Å². The fourth-order valence-corrected chi connectivity index (χ4v) is 3.18. The summed E-state index contributed by atoms with van der Waals surface area (Å²) < 4.78 is 5.29. The molecule has 3 rings (SSSR count). The summed E-state index contributed by atoms with van der Waals surface area (Å²) in [6.45, 7) is 3.77. The Morgan fingerprint density at radius 3 is 2.58 bits per heavy atom. The lowest BCUT2D eigenvalue weighted by molar-refractivity contribution is -0.136.